The predicted molar refractivity (Wildman–Crippen MR) is 89.1 cm³/mol. The number of carbonyl (C=O) groups excluding carboxylic acids is 2. The Morgan fingerprint density at radius 3 is 2.78 bits per heavy atom. The third-order valence-electron chi connectivity index (χ3n) is 5.73. The molecule has 4 heteroatoms. The Hall–Kier alpha value is -2.10. The number of carbonyl (C=O) groups is 2. The molecule has 0 aromatic heterocycles. The van der Waals surface area contributed by atoms with Crippen molar-refractivity contribution in [3.8, 4) is 0 Å². The van der Waals surface area contributed by atoms with Crippen molar-refractivity contribution in [1.82, 2.24) is 5.32 Å². The van der Waals surface area contributed by atoms with E-state index in [1.54, 1.807) is 6.07 Å². The Balaban J connectivity index is 1.66. The summed E-state index contributed by atoms with van der Waals surface area (Å²) in [6, 6.07) is 5.43. The van der Waals surface area contributed by atoms with Crippen LogP contribution in [0.1, 0.15) is 53.8 Å². The van der Waals surface area contributed by atoms with Gasteiger partial charge >= 0.3 is 0 Å². The summed E-state index contributed by atoms with van der Waals surface area (Å²) < 4.78 is 0. The number of allylic oxidation sites excluding steroid dienone is 2. The van der Waals surface area contributed by atoms with Crippen LogP contribution in [0.15, 0.2) is 30.0 Å². The molecular formula is C19H22N2O2. The van der Waals surface area contributed by atoms with Crippen molar-refractivity contribution in [2.75, 3.05) is 5.32 Å². The van der Waals surface area contributed by atoms with E-state index in [0.29, 0.717) is 28.9 Å². The number of hydrogen-bond donors (Lipinski definition) is 2. The Labute approximate surface area is 136 Å². The first-order valence-corrected chi connectivity index (χ1v) is 8.52. The Morgan fingerprint density at radius 2 is 1.96 bits per heavy atom. The maximum atomic E-state index is 12.1. The van der Waals surface area contributed by atoms with Crippen LogP contribution < -0.4 is 10.6 Å². The number of anilines is 1. The molecular weight excluding hydrogens is 288 g/mol. The second kappa shape index (κ2) is 5.22. The number of amides is 2. The number of nitrogens with one attached hydrogen (secondary N) is 2. The molecule has 3 aliphatic rings. The van der Waals surface area contributed by atoms with Gasteiger partial charge in [0.05, 0.1) is 16.8 Å². The lowest BCUT2D eigenvalue weighted by Crippen LogP contribution is -2.26. The summed E-state index contributed by atoms with van der Waals surface area (Å²) >= 11 is 0. The molecule has 2 amide bonds. The smallest absolute Gasteiger partial charge is 0.261 e. The lowest BCUT2D eigenvalue weighted by molar-refractivity contribution is 0.0880. The van der Waals surface area contributed by atoms with Crippen molar-refractivity contribution in [2.45, 2.75) is 33.1 Å². The largest absolute Gasteiger partial charge is 0.358 e. The molecule has 2 N–H and O–H groups in total. The zero-order chi connectivity index (χ0) is 16.1. The third-order valence-corrected chi connectivity index (χ3v) is 5.73. The zero-order valence-electron chi connectivity index (χ0n) is 13.6. The fourth-order valence-electron chi connectivity index (χ4n) is 4.53. The Morgan fingerprint density at radius 1 is 1.13 bits per heavy atom. The lowest BCUT2D eigenvalue weighted by atomic mass is 9.73. The van der Waals surface area contributed by atoms with Crippen LogP contribution in [0, 0.1) is 23.7 Å². The van der Waals surface area contributed by atoms with E-state index in [1.807, 2.05) is 12.1 Å². The van der Waals surface area contributed by atoms with Gasteiger partial charge in [-0.15, -0.1) is 0 Å². The van der Waals surface area contributed by atoms with E-state index >= 15 is 0 Å². The van der Waals surface area contributed by atoms with Gasteiger partial charge < -0.3 is 5.32 Å². The topological polar surface area (TPSA) is 58.2 Å². The zero-order valence-corrected chi connectivity index (χ0v) is 13.6. The molecule has 1 aromatic rings. The van der Waals surface area contributed by atoms with E-state index in [-0.39, 0.29) is 11.8 Å². The molecule has 1 saturated carbocycles. The summed E-state index contributed by atoms with van der Waals surface area (Å²) in [5, 5.41) is 5.87. The van der Waals surface area contributed by atoms with E-state index in [0.717, 1.165) is 11.6 Å². The molecule has 0 saturated heterocycles. The van der Waals surface area contributed by atoms with Crippen molar-refractivity contribution < 1.29 is 9.59 Å². The standard InChI is InChI=1S/C19H22N2O2/c1-10-6-7-12-11(2)9-16(14(12)8-10)20-15-5-3-4-13-17(15)19(23)21-18(13)22/h3-5,9-12,14,20H,6-8H2,1-2H3,(H,21,22,23)/t10-,11?,12+,14-/m1/s1. The fraction of sp³-hybridized carbons (Fsp3) is 0.474. The van der Waals surface area contributed by atoms with Crippen molar-refractivity contribution in [3.05, 3.63) is 41.1 Å². The molecule has 23 heavy (non-hydrogen) atoms. The minimum absolute atomic E-state index is 0.298. The second-order valence-electron chi connectivity index (χ2n) is 7.31. The maximum Gasteiger partial charge on any atom is 0.261 e. The maximum absolute atomic E-state index is 12.1. The summed E-state index contributed by atoms with van der Waals surface area (Å²) in [6.45, 7) is 4.61. The van der Waals surface area contributed by atoms with Gasteiger partial charge in [-0.2, -0.15) is 0 Å². The Bertz CT molecular complexity index is 722. The molecule has 0 bridgehead atoms. The molecule has 1 aliphatic heterocycles. The molecule has 1 heterocycles. The van der Waals surface area contributed by atoms with Crippen LogP contribution in [-0.2, 0) is 0 Å². The van der Waals surface area contributed by atoms with Gasteiger partial charge in [-0.05, 0) is 42.7 Å². The van der Waals surface area contributed by atoms with Gasteiger partial charge in [0, 0.05) is 11.6 Å². The number of rotatable bonds is 2. The SMILES string of the molecule is CC1C=C(Nc2cccc3c2C(=O)NC3=O)[C@@H]2C[C@H](C)CC[C@@H]12. The van der Waals surface area contributed by atoms with Crippen LogP contribution in [0.3, 0.4) is 0 Å². The van der Waals surface area contributed by atoms with Crippen molar-refractivity contribution in [2.24, 2.45) is 23.7 Å². The lowest BCUT2D eigenvalue weighted by Gasteiger charge is -2.34. The minimum Gasteiger partial charge on any atom is -0.358 e. The third kappa shape index (κ3) is 2.28. The summed E-state index contributed by atoms with van der Waals surface area (Å²) in [4.78, 5) is 23.9. The van der Waals surface area contributed by atoms with E-state index < -0.39 is 0 Å². The van der Waals surface area contributed by atoms with Gasteiger partial charge in [-0.1, -0.05) is 32.4 Å². The molecule has 1 fully saturated rings. The first-order valence-electron chi connectivity index (χ1n) is 8.52. The summed E-state index contributed by atoms with van der Waals surface area (Å²) in [5.74, 6) is 1.98. The van der Waals surface area contributed by atoms with E-state index in [2.05, 4.69) is 30.6 Å². The van der Waals surface area contributed by atoms with Crippen molar-refractivity contribution in [3.63, 3.8) is 0 Å². The van der Waals surface area contributed by atoms with Crippen LogP contribution in [0.2, 0.25) is 0 Å². The average molecular weight is 310 g/mol. The van der Waals surface area contributed by atoms with Crippen molar-refractivity contribution >= 4 is 17.5 Å². The fourth-order valence-corrected chi connectivity index (χ4v) is 4.53. The highest BCUT2D eigenvalue weighted by molar-refractivity contribution is 6.23. The Kier molecular flexibility index (Phi) is 3.29. The van der Waals surface area contributed by atoms with Crippen LogP contribution in [0.25, 0.3) is 0 Å². The second-order valence-corrected chi connectivity index (χ2v) is 7.31. The van der Waals surface area contributed by atoms with Crippen LogP contribution in [0.5, 0.6) is 0 Å². The summed E-state index contributed by atoms with van der Waals surface area (Å²) in [5.41, 5.74) is 2.94. The van der Waals surface area contributed by atoms with E-state index in [4.69, 9.17) is 0 Å². The molecule has 4 rings (SSSR count). The molecule has 0 spiro atoms. The van der Waals surface area contributed by atoms with Gasteiger partial charge in [-0.25, -0.2) is 0 Å². The quantitative estimate of drug-likeness (QED) is 0.821. The van der Waals surface area contributed by atoms with Gasteiger partial charge in [0.1, 0.15) is 0 Å². The highest BCUT2D eigenvalue weighted by Crippen LogP contribution is 2.47. The first-order chi connectivity index (χ1) is 11.0. The molecule has 2 aliphatic carbocycles. The summed E-state index contributed by atoms with van der Waals surface area (Å²) in [7, 11) is 0. The highest BCUT2D eigenvalue weighted by atomic mass is 16.2. The summed E-state index contributed by atoms with van der Waals surface area (Å²) in [6.07, 6.45) is 6.11. The number of imide groups is 1. The number of hydrogen-bond acceptors (Lipinski definition) is 3. The first kappa shape index (κ1) is 14.5. The highest BCUT2D eigenvalue weighted by Gasteiger charge is 2.39. The molecule has 4 nitrogen and oxygen atoms in total. The van der Waals surface area contributed by atoms with Crippen molar-refractivity contribution in [1.29, 1.82) is 0 Å². The molecule has 0 radical (unpaired) electrons. The van der Waals surface area contributed by atoms with E-state index in [9.17, 15) is 9.59 Å². The van der Waals surface area contributed by atoms with E-state index in [1.165, 1.54) is 25.0 Å². The van der Waals surface area contributed by atoms with Gasteiger partial charge in [0.15, 0.2) is 0 Å². The van der Waals surface area contributed by atoms with Crippen LogP contribution in [0.4, 0.5) is 5.69 Å². The van der Waals surface area contributed by atoms with Gasteiger partial charge in [-0.3, -0.25) is 14.9 Å². The molecule has 1 unspecified atom stereocenters. The van der Waals surface area contributed by atoms with Crippen LogP contribution in [-0.4, -0.2) is 11.8 Å². The minimum atomic E-state index is -0.299. The normalized spacial score (nSPS) is 32.2. The monoisotopic (exact) mass is 310 g/mol. The number of benzene rings is 1. The predicted octanol–water partition coefficient (Wildman–Crippen LogP) is 3.57. The average Bonchev–Trinajstić information content (AvgIpc) is 2.98. The molecule has 1 aromatic carbocycles. The van der Waals surface area contributed by atoms with Crippen LogP contribution >= 0.6 is 0 Å². The van der Waals surface area contributed by atoms with Gasteiger partial charge in [0.25, 0.3) is 11.8 Å². The number of fused-ring (bicyclic) bond motifs is 2. The molecule has 120 valence electrons. The molecule has 4 atom stereocenters. The van der Waals surface area contributed by atoms with Gasteiger partial charge in [0.2, 0.25) is 0 Å².